The molecule has 0 aliphatic heterocycles. The predicted molar refractivity (Wildman–Crippen MR) is 50.9 cm³/mol. The summed E-state index contributed by atoms with van der Waals surface area (Å²) in [7, 11) is 0. The van der Waals surface area contributed by atoms with Crippen LogP contribution in [0.5, 0.6) is 0 Å². The number of nitrogens with one attached hydrogen (secondary N) is 1. The minimum absolute atomic E-state index is 0.858. The maximum atomic E-state index is 5.11. The SMILES string of the molecule is C#CCCCNc1ccsc1. The van der Waals surface area contributed by atoms with E-state index in [2.05, 4.69) is 28.1 Å². The van der Waals surface area contributed by atoms with E-state index in [4.69, 9.17) is 6.42 Å². The Hall–Kier alpha value is -0.940. The van der Waals surface area contributed by atoms with Crippen LogP contribution in [0.15, 0.2) is 16.8 Å². The van der Waals surface area contributed by atoms with Crippen molar-refractivity contribution in [2.24, 2.45) is 0 Å². The fourth-order valence-corrected chi connectivity index (χ4v) is 1.40. The molecule has 0 fully saturated rings. The third kappa shape index (κ3) is 3.10. The monoisotopic (exact) mass is 165 g/mol. The lowest BCUT2D eigenvalue weighted by atomic mass is 10.3. The topological polar surface area (TPSA) is 12.0 Å². The first-order chi connectivity index (χ1) is 5.43. The first-order valence-corrected chi connectivity index (χ1v) is 4.57. The van der Waals surface area contributed by atoms with Crippen molar-refractivity contribution >= 4 is 17.0 Å². The van der Waals surface area contributed by atoms with Gasteiger partial charge in [0.15, 0.2) is 0 Å². The van der Waals surface area contributed by atoms with E-state index < -0.39 is 0 Å². The molecule has 2 heteroatoms. The second kappa shape index (κ2) is 4.81. The van der Waals surface area contributed by atoms with Crippen LogP contribution in [0.25, 0.3) is 0 Å². The standard InChI is InChI=1S/C9H11NS/c1-2-3-4-6-10-9-5-7-11-8-9/h1,5,7-8,10H,3-4,6H2. The summed E-state index contributed by atoms with van der Waals surface area (Å²) in [5.74, 6) is 2.61. The van der Waals surface area contributed by atoms with E-state index in [1.54, 1.807) is 11.3 Å². The zero-order valence-corrected chi connectivity index (χ0v) is 7.16. The van der Waals surface area contributed by atoms with Crippen LogP contribution in [0.2, 0.25) is 0 Å². The molecule has 58 valence electrons. The van der Waals surface area contributed by atoms with Gasteiger partial charge in [0.1, 0.15) is 0 Å². The van der Waals surface area contributed by atoms with Gasteiger partial charge in [0.05, 0.1) is 0 Å². The highest BCUT2D eigenvalue weighted by molar-refractivity contribution is 7.08. The Morgan fingerprint density at radius 3 is 3.18 bits per heavy atom. The lowest BCUT2D eigenvalue weighted by molar-refractivity contribution is 0.908. The van der Waals surface area contributed by atoms with Crippen LogP contribution >= 0.6 is 11.3 Å². The largest absolute Gasteiger partial charge is 0.384 e. The molecule has 0 saturated heterocycles. The fraction of sp³-hybridized carbons (Fsp3) is 0.333. The molecule has 0 atom stereocenters. The molecule has 1 rings (SSSR count). The van der Waals surface area contributed by atoms with Crippen LogP contribution in [0.3, 0.4) is 0 Å². The lowest BCUT2D eigenvalue weighted by Crippen LogP contribution is -1.98. The van der Waals surface area contributed by atoms with E-state index >= 15 is 0 Å². The average Bonchev–Trinajstić information content (AvgIpc) is 2.50. The van der Waals surface area contributed by atoms with Crippen molar-refractivity contribution in [3.63, 3.8) is 0 Å². The molecule has 0 aliphatic rings. The van der Waals surface area contributed by atoms with Crippen molar-refractivity contribution in [2.45, 2.75) is 12.8 Å². The molecule has 1 heterocycles. The smallest absolute Gasteiger partial charge is 0.0448 e. The van der Waals surface area contributed by atoms with Gasteiger partial charge < -0.3 is 5.32 Å². The molecular formula is C9H11NS. The molecule has 11 heavy (non-hydrogen) atoms. The van der Waals surface area contributed by atoms with Gasteiger partial charge in [0.25, 0.3) is 0 Å². The van der Waals surface area contributed by atoms with Crippen molar-refractivity contribution in [2.75, 3.05) is 11.9 Å². The molecule has 0 unspecified atom stereocenters. The van der Waals surface area contributed by atoms with Gasteiger partial charge in [0.2, 0.25) is 0 Å². The predicted octanol–water partition coefficient (Wildman–Crippen LogP) is 2.57. The molecule has 0 radical (unpaired) electrons. The van der Waals surface area contributed by atoms with Gasteiger partial charge >= 0.3 is 0 Å². The summed E-state index contributed by atoms with van der Waals surface area (Å²) < 4.78 is 0. The van der Waals surface area contributed by atoms with Crippen LogP contribution in [-0.4, -0.2) is 6.54 Å². The van der Waals surface area contributed by atoms with Crippen LogP contribution in [0.1, 0.15) is 12.8 Å². The van der Waals surface area contributed by atoms with Crippen LogP contribution in [-0.2, 0) is 0 Å². The summed E-state index contributed by atoms with van der Waals surface area (Å²) in [6.45, 7) is 0.973. The zero-order chi connectivity index (χ0) is 7.94. The lowest BCUT2D eigenvalue weighted by Gasteiger charge is -1.99. The summed E-state index contributed by atoms with van der Waals surface area (Å²) in [5, 5.41) is 7.43. The Morgan fingerprint density at radius 2 is 2.55 bits per heavy atom. The van der Waals surface area contributed by atoms with Gasteiger partial charge in [-0.15, -0.1) is 12.3 Å². The van der Waals surface area contributed by atoms with Gasteiger partial charge in [-0.3, -0.25) is 0 Å². The van der Waals surface area contributed by atoms with E-state index in [1.807, 2.05) is 0 Å². The second-order valence-corrected chi connectivity index (χ2v) is 3.03. The number of anilines is 1. The molecule has 1 nitrogen and oxygen atoms in total. The molecule has 0 spiro atoms. The van der Waals surface area contributed by atoms with Crippen molar-refractivity contribution in [3.05, 3.63) is 16.8 Å². The molecule has 0 aliphatic carbocycles. The average molecular weight is 165 g/mol. The Morgan fingerprint density at radius 1 is 1.64 bits per heavy atom. The van der Waals surface area contributed by atoms with Crippen molar-refractivity contribution in [3.8, 4) is 12.3 Å². The molecule has 0 aromatic carbocycles. The minimum atomic E-state index is 0.858. The van der Waals surface area contributed by atoms with Crippen molar-refractivity contribution < 1.29 is 0 Å². The first-order valence-electron chi connectivity index (χ1n) is 3.63. The second-order valence-electron chi connectivity index (χ2n) is 2.25. The number of terminal acetylenes is 1. The van der Waals surface area contributed by atoms with Crippen molar-refractivity contribution in [1.82, 2.24) is 0 Å². The maximum absolute atomic E-state index is 5.11. The zero-order valence-electron chi connectivity index (χ0n) is 6.34. The van der Waals surface area contributed by atoms with E-state index in [0.29, 0.717) is 0 Å². The minimum Gasteiger partial charge on any atom is -0.384 e. The van der Waals surface area contributed by atoms with E-state index in [-0.39, 0.29) is 0 Å². The summed E-state index contributed by atoms with van der Waals surface area (Å²) >= 11 is 1.70. The van der Waals surface area contributed by atoms with Crippen molar-refractivity contribution in [1.29, 1.82) is 0 Å². The number of hydrogen-bond acceptors (Lipinski definition) is 2. The quantitative estimate of drug-likeness (QED) is 0.534. The van der Waals surface area contributed by atoms with E-state index in [0.717, 1.165) is 19.4 Å². The fourth-order valence-electron chi connectivity index (χ4n) is 0.788. The molecule has 0 amide bonds. The third-order valence-electron chi connectivity index (χ3n) is 1.35. The molecule has 1 aromatic heterocycles. The van der Waals surface area contributed by atoms with Gasteiger partial charge in [-0.2, -0.15) is 11.3 Å². The highest BCUT2D eigenvalue weighted by Gasteiger charge is 1.88. The Balaban J connectivity index is 2.10. The summed E-state index contributed by atoms with van der Waals surface area (Å²) in [6, 6.07) is 2.07. The Labute approximate surface area is 71.4 Å². The number of thiophene rings is 1. The Kier molecular flexibility index (Phi) is 3.57. The first kappa shape index (κ1) is 8.16. The molecule has 1 aromatic rings. The van der Waals surface area contributed by atoms with E-state index in [9.17, 15) is 0 Å². The van der Waals surface area contributed by atoms with Crippen LogP contribution in [0.4, 0.5) is 5.69 Å². The maximum Gasteiger partial charge on any atom is 0.0448 e. The van der Waals surface area contributed by atoms with Gasteiger partial charge in [0, 0.05) is 24.0 Å². The number of hydrogen-bond donors (Lipinski definition) is 1. The summed E-state index contributed by atoms with van der Waals surface area (Å²) in [6.07, 6.45) is 7.02. The number of rotatable bonds is 4. The van der Waals surface area contributed by atoms with Gasteiger partial charge in [-0.1, -0.05) is 0 Å². The van der Waals surface area contributed by atoms with Crippen LogP contribution in [0, 0.1) is 12.3 Å². The van der Waals surface area contributed by atoms with Gasteiger partial charge in [-0.25, -0.2) is 0 Å². The number of unbranched alkanes of at least 4 members (excludes halogenated alkanes) is 1. The highest BCUT2D eigenvalue weighted by Crippen LogP contribution is 2.11. The molecule has 0 saturated carbocycles. The Bertz CT molecular complexity index is 220. The van der Waals surface area contributed by atoms with Gasteiger partial charge in [-0.05, 0) is 17.9 Å². The summed E-state index contributed by atoms with van der Waals surface area (Å²) in [5.41, 5.74) is 1.20. The molecular weight excluding hydrogens is 154 g/mol. The van der Waals surface area contributed by atoms with E-state index in [1.165, 1.54) is 5.69 Å². The highest BCUT2D eigenvalue weighted by atomic mass is 32.1. The summed E-state index contributed by atoms with van der Waals surface area (Å²) in [4.78, 5) is 0. The third-order valence-corrected chi connectivity index (χ3v) is 2.03. The molecule has 1 N–H and O–H groups in total. The molecule has 0 bridgehead atoms. The normalized spacial score (nSPS) is 9.00. The van der Waals surface area contributed by atoms with Crippen LogP contribution < -0.4 is 5.32 Å².